The van der Waals surface area contributed by atoms with Gasteiger partial charge in [-0.3, -0.25) is 14.2 Å². The number of benzene rings is 1. The maximum atomic E-state index is 12.8. The number of hydrogen-bond acceptors (Lipinski definition) is 6. The van der Waals surface area contributed by atoms with Crippen LogP contribution in [0, 0.1) is 5.41 Å². The van der Waals surface area contributed by atoms with Gasteiger partial charge < -0.3 is 14.5 Å². The number of amides is 1. The second kappa shape index (κ2) is 11.2. The lowest BCUT2D eigenvalue weighted by Gasteiger charge is -2.32. The van der Waals surface area contributed by atoms with Gasteiger partial charge in [0.15, 0.2) is 0 Å². The Morgan fingerprint density at radius 1 is 1.08 bits per heavy atom. The summed E-state index contributed by atoms with van der Waals surface area (Å²) in [6.45, 7) is 9.46. The predicted molar refractivity (Wildman–Crippen MR) is 147 cm³/mol. The first-order valence-corrected chi connectivity index (χ1v) is 13.0. The Bertz CT molecular complexity index is 1250. The third-order valence-corrected chi connectivity index (χ3v) is 6.61. The van der Waals surface area contributed by atoms with Gasteiger partial charge in [0.2, 0.25) is 11.9 Å². The van der Waals surface area contributed by atoms with Crippen molar-refractivity contribution in [3.8, 4) is 11.4 Å². The van der Waals surface area contributed by atoms with Crippen molar-refractivity contribution in [2.75, 3.05) is 29.9 Å². The molecule has 196 valence electrons. The molecule has 0 radical (unpaired) electrons. The Morgan fingerprint density at radius 2 is 1.73 bits per heavy atom. The number of aryl methyl sites for hydroxylation is 1. The van der Waals surface area contributed by atoms with Gasteiger partial charge in [-0.05, 0) is 42.3 Å². The van der Waals surface area contributed by atoms with Crippen LogP contribution in [0.5, 0.6) is 5.75 Å². The third kappa shape index (κ3) is 6.37. The molecule has 1 aliphatic heterocycles. The standard InChI is InChI=1S/C29H37N5O3/c1-6-7-21-19-30-28(31-20-21)33-15-12-24(13-16-33)37-25-14-17-34(26(35)18-25)23-10-8-22(9-11-23)32(5)27(36)29(2,3)4/h8-11,14,17-20,24H,6-7,12-13,15-16H2,1-5H3. The minimum atomic E-state index is -0.468. The fourth-order valence-corrected chi connectivity index (χ4v) is 4.50. The van der Waals surface area contributed by atoms with E-state index in [1.54, 1.807) is 22.7 Å². The average molecular weight is 504 g/mol. The number of pyridine rings is 1. The molecule has 0 saturated carbocycles. The molecule has 0 bridgehead atoms. The van der Waals surface area contributed by atoms with E-state index in [4.69, 9.17) is 4.74 Å². The molecular formula is C29H37N5O3. The van der Waals surface area contributed by atoms with Crippen molar-refractivity contribution in [2.45, 2.75) is 59.5 Å². The van der Waals surface area contributed by atoms with Crippen LogP contribution in [-0.2, 0) is 11.2 Å². The van der Waals surface area contributed by atoms with E-state index in [0.29, 0.717) is 5.75 Å². The van der Waals surface area contributed by atoms with Gasteiger partial charge in [0.1, 0.15) is 11.9 Å². The van der Waals surface area contributed by atoms with Gasteiger partial charge in [0, 0.05) is 74.4 Å². The Balaban J connectivity index is 1.35. The van der Waals surface area contributed by atoms with E-state index in [2.05, 4.69) is 21.8 Å². The summed E-state index contributed by atoms with van der Waals surface area (Å²) < 4.78 is 7.72. The van der Waals surface area contributed by atoms with E-state index >= 15 is 0 Å². The summed E-state index contributed by atoms with van der Waals surface area (Å²) in [6, 6.07) is 10.7. The van der Waals surface area contributed by atoms with E-state index in [9.17, 15) is 9.59 Å². The van der Waals surface area contributed by atoms with Crippen LogP contribution < -0.4 is 20.1 Å². The molecule has 1 aliphatic rings. The molecule has 3 heterocycles. The molecule has 1 aromatic carbocycles. The summed E-state index contributed by atoms with van der Waals surface area (Å²) in [5.74, 6) is 1.37. The van der Waals surface area contributed by atoms with Crippen LogP contribution in [-0.4, -0.2) is 46.7 Å². The minimum Gasteiger partial charge on any atom is -0.490 e. The molecule has 0 spiro atoms. The second-order valence-corrected chi connectivity index (χ2v) is 10.6. The van der Waals surface area contributed by atoms with Gasteiger partial charge in [-0.25, -0.2) is 9.97 Å². The molecule has 0 atom stereocenters. The van der Waals surface area contributed by atoms with E-state index in [-0.39, 0.29) is 17.6 Å². The molecule has 3 aromatic rings. The topological polar surface area (TPSA) is 80.6 Å². The number of rotatable bonds is 7. The van der Waals surface area contributed by atoms with Gasteiger partial charge >= 0.3 is 0 Å². The summed E-state index contributed by atoms with van der Waals surface area (Å²) in [6.07, 6.45) is 9.37. The minimum absolute atomic E-state index is 0.0298. The fraction of sp³-hybridized carbons (Fsp3) is 0.448. The molecule has 1 amide bonds. The van der Waals surface area contributed by atoms with Crippen molar-refractivity contribution in [1.82, 2.24) is 14.5 Å². The van der Waals surface area contributed by atoms with Crippen molar-refractivity contribution in [2.24, 2.45) is 5.41 Å². The van der Waals surface area contributed by atoms with Crippen LogP contribution in [0.3, 0.4) is 0 Å². The van der Waals surface area contributed by atoms with Crippen molar-refractivity contribution >= 4 is 17.5 Å². The molecule has 4 rings (SSSR count). The summed E-state index contributed by atoms with van der Waals surface area (Å²) in [5, 5.41) is 0. The molecule has 0 aliphatic carbocycles. The Morgan fingerprint density at radius 3 is 2.30 bits per heavy atom. The van der Waals surface area contributed by atoms with Crippen molar-refractivity contribution in [1.29, 1.82) is 0 Å². The van der Waals surface area contributed by atoms with Crippen LogP contribution in [0.2, 0.25) is 0 Å². The Labute approximate surface area is 218 Å². The smallest absolute Gasteiger partial charge is 0.258 e. The first-order chi connectivity index (χ1) is 17.7. The van der Waals surface area contributed by atoms with Gasteiger partial charge in [-0.15, -0.1) is 0 Å². The number of carbonyl (C=O) groups is 1. The Hall–Kier alpha value is -3.68. The molecular weight excluding hydrogens is 466 g/mol. The summed E-state index contributed by atoms with van der Waals surface area (Å²) in [5.41, 5.74) is 2.05. The molecule has 1 saturated heterocycles. The van der Waals surface area contributed by atoms with Gasteiger partial charge in [-0.1, -0.05) is 34.1 Å². The average Bonchev–Trinajstić information content (AvgIpc) is 2.89. The van der Waals surface area contributed by atoms with Crippen LogP contribution in [0.1, 0.15) is 52.5 Å². The number of anilines is 2. The fourth-order valence-electron chi connectivity index (χ4n) is 4.50. The summed E-state index contributed by atoms with van der Waals surface area (Å²) in [4.78, 5) is 38.3. The monoisotopic (exact) mass is 503 g/mol. The highest BCUT2D eigenvalue weighted by molar-refractivity contribution is 5.96. The van der Waals surface area contributed by atoms with E-state index in [1.807, 2.05) is 63.5 Å². The zero-order valence-corrected chi connectivity index (χ0v) is 22.5. The van der Waals surface area contributed by atoms with Crippen LogP contribution in [0.15, 0.2) is 59.8 Å². The highest BCUT2D eigenvalue weighted by Crippen LogP contribution is 2.24. The van der Waals surface area contributed by atoms with Gasteiger partial charge in [-0.2, -0.15) is 0 Å². The maximum Gasteiger partial charge on any atom is 0.258 e. The lowest BCUT2D eigenvalue weighted by Crippen LogP contribution is -2.39. The van der Waals surface area contributed by atoms with Crippen molar-refractivity contribution in [3.63, 3.8) is 0 Å². The zero-order valence-electron chi connectivity index (χ0n) is 22.5. The first kappa shape index (κ1) is 26.4. The largest absolute Gasteiger partial charge is 0.490 e. The van der Waals surface area contributed by atoms with E-state index in [1.165, 1.54) is 6.07 Å². The molecule has 37 heavy (non-hydrogen) atoms. The lowest BCUT2D eigenvalue weighted by atomic mass is 9.94. The molecule has 1 fully saturated rings. The number of ether oxygens (including phenoxy) is 1. The van der Waals surface area contributed by atoms with Crippen LogP contribution in [0.25, 0.3) is 5.69 Å². The molecule has 8 heteroatoms. The molecule has 2 aromatic heterocycles. The van der Waals surface area contributed by atoms with E-state index < -0.39 is 5.41 Å². The van der Waals surface area contributed by atoms with Gasteiger partial charge in [0.05, 0.1) is 0 Å². The van der Waals surface area contributed by atoms with E-state index in [0.717, 1.165) is 61.7 Å². The predicted octanol–water partition coefficient (Wildman–Crippen LogP) is 4.64. The highest BCUT2D eigenvalue weighted by Gasteiger charge is 2.26. The molecule has 0 unspecified atom stereocenters. The Kier molecular flexibility index (Phi) is 7.95. The number of nitrogens with zero attached hydrogens (tertiary/aromatic N) is 5. The maximum absolute atomic E-state index is 12.8. The molecule has 0 N–H and O–H groups in total. The number of carbonyl (C=O) groups excluding carboxylic acids is 1. The number of aromatic nitrogens is 3. The van der Waals surface area contributed by atoms with Crippen molar-refractivity contribution in [3.05, 3.63) is 70.9 Å². The number of hydrogen-bond donors (Lipinski definition) is 0. The zero-order chi connectivity index (χ0) is 26.6. The normalized spacial score (nSPS) is 14.5. The lowest BCUT2D eigenvalue weighted by molar-refractivity contribution is -0.125. The summed E-state index contributed by atoms with van der Waals surface area (Å²) >= 11 is 0. The van der Waals surface area contributed by atoms with Gasteiger partial charge in [0.25, 0.3) is 5.56 Å². The summed E-state index contributed by atoms with van der Waals surface area (Å²) in [7, 11) is 1.77. The number of piperidine rings is 1. The third-order valence-electron chi connectivity index (χ3n) is 6.61. The van der Waals surface area contributed by atoms with Crippen LogP contribution in [0.4, 0.5) is 11.6 Å². The molecule has 8 nitrogen and oxygen atoms in total. The quantitative estimate of drug-likeness (QED) is 0.467. The highest BCUT2D eigenvalue weighted by atomic mass is 16.5. The SMILES string of the molecule is CCCc1cnc(N2CCC(Oc3ccn(-c4ccc(N(C)C(=O)C(C)(C)C)cc4)c(=O)c3)CC2)nc1. The second-order valence-electron chi connectivity index (χ2n) is 10.6. The van der Waals surface area contributed by atoms with Crippen molar-refractivity contribution < 1.29 is 9.53 Å². The van der Waals surface area contributed by atoms with Crippen LogP contribution >= 0.6 is 0 Å². The first-order valence-electron chi connectivity index (χ1n) is 13.0.